The minimum absolute atomic E-state index is 0.807. The summed E-state index contributed by atoms with van der Waals surface area (Å²) in [5.74, 6) is 0.981. The zero-order valence-corrected chi connectivity index (χ0v) is 10.3. The lowest BCUT2D eigenvalue weighted by Crippen LogP contribution is -2.17. The van der Waals surface area contributed by atoms with E-state index < -0.39 is 0 Å². The zero-order valence-electron chi connectivity index (χ0n) is 10.3. The van der Waals surface area contributed by atoms with Crippen molar-refractivity contribution in [1.29, 1.82) is 0 Å². The van der Waals surface area contributed by atoms with E-state index in [9.17, 15) is 0 Å². The molecule has 0 saturated heterocycles. The molecule has 2 rings (SSSR count). The highest BCUT2D eigenvalue weighted by Crippen LogP contribution is 2.17. The van der Waals surface area contributed by atoms with Crippen molar-refractivity contribution in [3.8, 4) is 0 Å². The fraction of sp³-hybridized carbons (Fsp3) is 0.286. The van der Waals surface area contributed by atoms with E-state index in [-0.39, 0.29) is 0 Å². The molecule has 0 unspecified atom stereocenters. The number of rotatable bonds is 4. The third kappa shape index (κ3) is 2.88. The van der Waals surface area contributed by atoms with Crippen LogP contribution in [0, 0.1) is 6.92 Å². The lowest BCUT2D eigenvalue weighted by Gasteiger charge is -2.17. The molecule has 0 bridgehead atoms. The lowest BCUT2D eigenvalue weighted by atomic mass is 10.1. The number of benzene rings is 1. The third-order valence-electron chi connectivity index (χ3n) is 2.93. The van der Waals surface area contributed by atoms with Crippen LogP contribution in [0.1, 0.15) is 16.9 Å². The van der Waals surface area contributed by atoms with Gasteiger partial charge in [0.05, 0.1) is 12.8 Å². The van der Waals surface area contributed by atoms with Crippen LogP contribution in [0.25, 0.3) is 0 Å². The average molecular weight is 230 g/mol. The highest BCUT2D eigenvalue weighted by Gasteiger charge is 2.06. The molecule has 0 saturated carbocycles. The molecule has 0 fully saturated rings. The molecular weight excluding hydrogens is 212 g/mol. The van der Waals surface area contributed by atoms with Crippen molar-refractivity contribution >= 4 is 5.69 Å². The number of nitrogens with two attached hydrogens (primary N) is 1. The smallest absolute Gasteiger partial charge is 0.117 e. The Morgan fingerprint density at radius 2 is 2.00 bits per heavy atom. The molecule has 0 radical (unpaired) electrons. The second-order valence-corrected chi connectivity index (χ2v) is 4.38. The van der Waals surface area contributed by atoms with Crippen molar-refractivity contribution in [1.82, 2.24) is 4.90 Å². The van der Waals surface area contributed by atoms with Crippen LogP contribution in [0.3, 0.4) is 0 Å². The summed E-state index contributed by atoms with van der Waals surface area (Å²) in [6.45, 7) is 3.74. The van der Waals surface area contributed by atoms with E-state index in [4.69, 9.17) is 10.2 Å². The molecule has 2 aromatic rings. The maximum atomic E-state index is 5.90. The lowest BCUT2D eigenvalue weighted by molar-refractivity contribution is 0.287. The maximum absolute atomic E-state index is 5.90. The van der Waals surface area contributed by atoms with Gasteiger partial charge in [0, 0.05) is 12.2 Å². The quantitative estimate of drug-likeness (QED) is 0.821. The first-order chi connectivity index (χ1) is 8.16. The fourth-order valence-corrected chi connectivity index (χ4v) is 1.89. The van der Waals surface area contributed by atoms with Crippen LogP contribution in [0.5, 0.6) is 0 Å². The Kier molecular flexibility index (Phi) is 3.49. The molecule has 0 aliphatic rings. The van der Waals surface area contributed by atoms with E-state index in [1.165, 1.54) is 11.1 Å². The Hall–Kier alpha value is -1.74. The number of nitrogens with zero attached hydrogens (tertiary/aromatic N) is 1. The number of hydrogen-bond donors (Lipinski definition) is 1. The molecule has 3 nitrogen and oxygen atoms in total. The van der Waals surface area contributed by atoms with E-state index in [1.54, 1.807) is 6.26 Å². The summed E-state index contributed by atoms with van der Waals surface area (Å²) in [4.78, 5) is 2.21. The number of hydrogen-bond acceptors (Lipinski definition) is 3. The molecule has 0 aliphatic carbocycles. The Morgan fingerprint density at radius 3 is 2.71 bits per heavy atom. The van der Waals surface area contributed by atoms with Crippen LogP contribution in [-0.4, -0.2) is 11.9 Å². The summed E-state index contributed by atoms with van der Waals surface area (Å²) in [6.07, 6.45) is 1.70. The summed E-state index contributed by atoms with van der Waals surface area (Å²) in [6, 6.07) is 9.95. The van der Waals surface area contributed by atoms with Crippen LogP contribution in [-0.2, 0) is 13.1 Å². The van der Waals surface area contributed by atoms with E-state index in [2.05, 4.69) is 24.9 Å². The molecule has 90 valence electrons. The van der Waals surface area contributed by atoms with Gasteiger partial charge >= 0.3 is 0 Å². The maximum Gasteiger partial charge on any atom is 0.117 e. The second kappa shape index (κ2) is 5.06. The van der Waals surface area contributed by atoms with Gasteiger partial charge in [0.1, 0.15) is 5.76 Å². The van der Waals surface area contributed by atoms with Crippen molar-refractivity contribution < 1.29 is 4.42 Å². The van der Waals surface area contributed by atoms with E-state index in [0.717, 1.165) is 24.5 Å². The first-order valence-electron chi connectivity index (χ1n) is 5.71. The summed E-state index contributed by atoms with van der Waals surface area (Å²) in [5.41, 5.74) is 9.18. The standard InChI is InChI=1S/C14H18N2O/c1-11-12(5-3-7-14(11)15)9-16(2)10-13-6-4-8-17-13/h3-8H,9-10,15H2,1-2H3. The summed E-state index contributed by atoms with van der Waals surface area (Å²) in [7, 11) is 2.07. The Labute approximate surface area is 102 Å². The van der Waals surface area contributed by atoms with Crippen LogP contribution >= 0.6 is 0 Å². The van der Waals surface area contributed by atoms with Gasteiger partial charge in [-0.05, 0) is 43.3 Å². The number of anilines is 1. The first kappa shape index (κ1) is 11.7. The number of furan rings is 1. The van der Waals surface area contributed by atoms with Gasteiger partial charge in [-0.15, -0.1) is 0 Å². The fourth-order valence-electron chi connectivity index (χ4n) is 1.89. The van der Waals surface area contributed by atoms with Crippen LogP contribution in [0.4, 0.5) is 5.69 Å². The Balaban J connectivity index is 2.03. The van der Waals surface area contributed by atoms with Gasteiger partial charge in [-0.2, -0.15) is 0 Å². The van der Waals surface area contributed by atoms with Crippen molar-refractivity contribution in [2.75, 3.05) is 12.8 Å². The molecule has 0 aliphatic heterocycles. The van der Waals surface area contributed by atoms with Gasteiger partial charge in [0.25, 0.3) is 0 Å². The second-order valence-electron chi connectivity index (χ2n) is 4.38. The molecule has 0 amide bonds. The normalized spacial score (nSPS) is 11.0. The summed E-state index contributed by atoms with van der Waals surface area (Å²) < 4.78 is 5.33. The summed E-state index contributed by atoms with van der Waals surface area (Å²) >= 11 is 0. The zero-order chi connectivity index (χ0) is 12.3. The largest absolute Gasteiger partial charge is 0.468 e. The highest BCUT2D eigenvalue weighted by molar-refractivity contribution is 5.49. The van der Waals surface area contributed by atoms with Crippen molar-refractivity contribution in [2.45, 2.75) is 20.0 Å². The van der Waals surface area contributed by atoms with Gasteiger partial charge < -0.3 is 10.2 Å². The van der Waals surface area contributed by atoms with E-state index in [0.29, 0.717) is 0 Å². The predicted octanol–water partition coefficient (Wildman–Crippen LogP) is 2.80. The minimum Gasteiger partial charge on any atom is -0.468 e. The van der Waals surface area contributed by atoms with Gasteiger partial charge in [0.15, 0.2) is 0 Å². The predicted molar refractivity (Wildman–Crippen MR) is 69.5 cm³/mol. The molecule has 1 aromatic carbocycles. The van der Waals surface area contributed by atoms with Crippen LogP contribution in [0.2, 0.25) is 0 Å². The number of nitrogen functional groups attached to an aromatic ring is 1. The molecule has 0 atom stereocenters. The Bertz CT molecular complexity index is 477. The van der Waals surface area contributed by atoms with Gasteiger partial charge in [-0.1, -0.05) is 12.1 Å². The van der Waals surface area contributed by atoms with Gasteiger partial charge in [0.2, 0.25) is 0 Å². The SMILES string of the molecule is Cc1c(N)cccc1CN(C)Cc1ccco1. The van der Waals surface area contributed by atoms with Crippen molar-refractivity contribution in [2.24, 2.45) is 0 Å². The molecule has 17 heavy (non-hydrogen) atoms. The Morgan fingerprint density at radius 1 is 1.18 bits per heavy atom. The van der Waals surface area contributed by atoms with Crippen molar-refractivity contribution in [3.63, 3.8) is 0 Å². The molecule has 1 heterocycles. The monoisotopic (exact) mass is 230 g/mol. The minimum atomic E-state index is 0.807. The molecule has 0 spiro atoms. The molecule has 1 aromatic heterocycles. The third-order valence-corrected chi connectivity index (χ3v) is 2.93. The molecular formula is C14H18N2O. The highest BCUT2D eigenvalue weighted by atomic mass is 16.3. The topological polar surface area (TPSA) is 42.4 Å². The van der Waals surface area contributed by atoms with Crippen LogP contribution in [0.15, 0.2) is 41.0 Å². The summed E-state index contributed by atoms with van der Waals surface area (Å²) in [5, 5.41) is 0. The molecule has 3 heteroatoms. The molecule has 2 N–H and O–H groups in total. The van der Waals surface area contributed by atoms with E-state index in [1.807, 2.05) is 24.3 Å². The van der Waals surface area contributed by atoms with Gasteiger partial charge in [-0.3, -0.25) is 4.90 Å². The van der Waals surface area contributed by atoms with Crippen molar-refractivity contribution in [3.05, 3.63) is 53.5 Å². The van der Waals surface area contributed by atoms with Crippen LogP contribution < -0.4 is 5.73 Å². The van der Waals surface area contributed by atoms with E-state index >= 15 is 0 Å². The van der Waals surface area contributed by atoms with Gasteiger partial charge in [-0.25, -0.2) is 0 Å². The average Bonchev–Trinajstić information content (AvgIpc) is 2.77. The first-order valence-corrected chi connectivity index (χ1v) is 5.71.